The molecule has 0 amide bonds. The number of nitrogens with one attached hydrogen (secondary N) is 1. The van der Waals surface area contributed by atoms with Gasteiger partial charge in [0, 0.05) is 50.1 Å². The third-order valence-corrected chi connectivity index (χ3v) is 3.99. The van der Waals surface area contributed by atoms with E-state index in [-0.39, 0.29) is 5.69 Å². The van der Waals surface area contributed by atoms with Crippen molar-refractivity contribution in [1.82, 2.24) is 14.9 Å². The average molecular weight is 313 g/mol. The summed E-state index contributed by atoms with van der Waals surface area (Å²) >= 11 is 0. The Hall–Kier alpha value is -2.54. The fourth-order valence-electron chi connectivity index (χ4n) is 2.76. The number of nitro groups is 1. The minimum Gasteiger partial charge on any atom is -0.366 e. The maximum Gasteiger partial charge on any atom is 0.287 e. The van der Waals surface area contributed by atoms with E-state index in [1.165, 1.54) is 12.3 Å². The number of pyridine rings is 2. The van der Waals surface area contributed by atoms with Crippen molar-refractivity contribution < 1.29 is 4.92 Å². The van der Waals surface area contributed by atoms with Crippen LogP contribution in [0.5, 0.6) is 0 Å². The first-order valence-corrected chi connectivity index (χ1v) is 7.70. The second kappa shape index (κ2) is 7.15. The zero-order valence-electron chi connectivity index (χ0n) is 12.8. The summed E-state index contributed by atoms with van der Waals surface area (Å²) in [5.41, 5.74) is 1.12. The Labute approximate surface area is 134 Å². The number of hydrogen-bond donors (Lipinski definition) is 1. The van der Waals surface area contributed by atoms with Gasteiger partial charge < -0.3 is 10.2 Å². The maximum absolute atomic E-state index is 10.6. The molecule has 3 heterocycles. The van der Waals surface area contributed by atoms with Crippen LogP contribution in [0.1, 0.15) is 12.1 Å². The lowest BCUT2D eigenvalue weighted by Gasteiger charge is -2.16. The number of nitrogens with zero attached hydrogens (tertiary/aromatic N) is 4. The van der Waals surface area contributed by atoms with E-state index in [4.69, 9.17) is 0 Å². The summed E-state index contributed by atoms with van der Waals surface area (Å²) in [6.45, 7) is 2.98. The van der Waals surface area contributed by atoms with Crippen molar-refractivity contribution in [2.24, 2.45) is 0 Å². The van der Waals surface area contributed by atoms with Crippen molar-refractivity contribution in [2.75, 3.05) is 25.0 Å². The monoisotopic (exact) mass is 313 g/mol. The van der Waals surface area contributed by atoms with Gasteiger partial charge in [0.15, 0.2) is 0 Å². The van der Waals surface area contributed by atoms with Crippen molar-refractivity contribution in [3.8, 4) is 0 Å². The molecule has 1 saturated heterocycles. The number of hydrogen-bond acceptors (Lipinski definition) is 6. The molecule has 1 fully saturated rings. The highest BCUT2D eigenvalue weighted by atomic mass is 16.6. The molecule has 7 nitrogen and oxygen atoms in total. The van der Waals surface area contributed by atoms with Crippen LogP contribution in [0.2, 0.25) is 0 Å². The number of aromatic nitrogens is 2. The van der Waals surface area contributed by atoms with E-state index in [0.717, 1.165) is 38.2 Å². The van der Waals surface area contributed by atoms with E-state index in [0.29, 0.717) is 11.9 Å². The lowest BCUT2D eigenvalue weighted by atomic mass is 10.2. The van der Waals surface area contributed by atoms with Gasteiger partial charge in [0.2, 0.25) is 0 Å². The second-order valence-electron chi connectivity index (χ2n) is 5.66. The Balaban J connectivity index is 1.47. The first-order chi connectivity index (χ1) is 11.2. The van der Waals surface area contributed by atoms with Gasteiger partial charge in [-0.25, -0.2) is 4.98 Å². The van der Waals surface area contributed by atoms with Crippen LogP contribution in [0.25, 0.3) is 0 Å². The average Bonchev–Trinajstić information content (AvgIpc) is 3.02. The fraction of sp³-hybridized carbons (Fsp3) is 0.375. The van der Waals surface area contributed by atoms with Gasteiger partial charge in [-0.3, -0.25) is 15.1 Å². The van der Waals surface area contributed by atoms with E-state index in [1.54, 1.807) is 6.07 Å². The molecule has 1 aliphatic rings. The normalized spacial score (nSPS) is 18.0. The first kappa shape index (κ1) is 15.4. The van der Waals surface area contributed by atoms with Crippen LogP contribution in [0.3, 0.4) is 0 Å². The molecule has 1 atom stereocenters. The molecule has 2 aromatic rings. The molecule has 0 aromatic carbocycles. The largest absolute Gasteiger partial charge is 0.366 e. The zero-order valence-corrected chi connectivity index (χ0v) is 12.8. The molecule has 1 aliphatic heterocycles. The topological polar surface area (TPSA) is 84.2 Å². The highest BCUT2D eigenvalue weighted by Gasteiger charge is 2.22. The second-order valence-corrected chi connectivity index (χ2v) is 5.66. The molecule has 7 heteroatoms. The van der Waals surface area contributed by atoms with Crippen LogP contribution in [0, 0.1) is 10.1 Å². The van der Waals surface area contributed by atoms with Crippen LogP contribution in [0.15, 0.2) is 42.7 Å². The minimum absolute atomic E-state index is 0.0129. The predicted molar refractivity (Wildman–Crippen MR) is 87.3 cm³/mol. The lowest BCUT2D eigenvalue weighted by molar-refractivity contribution is -0.385. The van der Waals surface area contributed by atoms with E-state index in [1.807, 2.05) is 24.4 Å². The Morgan fingerprint density at radius 2 is 2.22 bits per heavy atom. The van der Waals surface area contributed by atoms with Crippen molar-refractivity contribution in [3.63, 3.8) is 0 Å². The summed E-state index contributed by atoms with van der Waals surface area (Å²) in [6.07, 6.45) is 5.10. The van der Waals surface area contributed by atoms with Gasteiger partial charge in [0.25, 0.3) is 5.69 Å². The predicted octanol–water partition coefficient (Wildman–Crippen LogP) is 2.11. The Kier molecular flexibility index (Phi) is 4.77. The van der Waals surface area contributed by atoms with Gasteiger partial charge in [-0.15, -0.1) is 0 Å². The molecule has 0 saturated carbocycles. The molecule has 0 bridgehead atoms. The molecule has 1 N–H and O–H groups in total. The third-order valence-electron chi connectivity index (χ3n) is 3.99. The SMILES string of the molecule is O=[N+]([O-])c1ccc(N[C@@H]2CCN(CCc3ccccn3)C2)nc1. The van der Waals surface area contributed by atoms with Crippen LogP contribution in [-0.2, 0) is 6.42 Å². The molecule has 23 heavy (non-hydrogen) atoms. The fourth-order valence-corrected chi connectivity index (χ4v) is 2.76. The quantitative estimate of drug-likeness (QED) is 0.649. The Morgan fingerprint density at radius 1 is 1.30 bits per heavy atom. The van der Waals surface area contributed by atoms with E-state index < -0.39 is 4.92 Å². The summed E-state index contributed by atoms with van der Waals surface area (Å²) in [6, 6.07) is 9.45. The molecular weight excluding hydrogens is 294 g/mol. The molecule has 3 rings (SSSR count). The van der Waals surface area contributed by atoms with Crippen molar-refractivity contribution >= 4 is 11.5 Å². The van der Waals surface area contributed by atoms with Gasteiger partial charge in [-0.2, -0.15) is 0 Å². The number of anilines is 1. The van der Waals surface area contributed by atoms with Crippen LogP contribution >= 0.6 is 0 Å². The minimum atomic E-state index is -0.439. The summed E-state index contributed by atoms with van der Waals surface area (Å²) < 4.78 is 0. The summed E-state index contributed by atoms with van der Waals surface area (Å²) in [5, 5.41) is 14.0. The van der Waals surface area contributed by atoms with E-state index >= 15 is 0 Å². The Morgan fingerprint density at radius 3 is 2.91 bits per heavy atom. The molecule has 0 spiro atoms. The van der Waals surface area contributed by atoms with Gasteiger partial charge in [-0.1, -0.05) is 6.07 Å². The number of rotatable bonds is 6. The lowest BCUT2D eigenvalue weighted by Crippen LogP contribution is -2.28. The Bertz CT molecular complexity index is 647. The van der Waals surface area contributed by atoms with Crippen LogP contribution in [-0.4, -0.2) is 45.5 Å². The zero-order chi connectivity index (χ0) is 16.1. The van der Waals surface area contributed by atoms with Gasteiger partial charge in [0.1, 0.15) is 12.0 Å². The molecule has 2 aromatic heterocycles. The van der Waals surface area contributed by atoms with Crippen molar-refractivity contribution in [3.05, 3.63) is 58.5 Å². The number of likely N-dealkylation sites (tertiary alicyclic amines) is 1. The highest BCUT2D eigenvalue weighted by molar-refractivity contribution is 5.41. The summed E-state index contributed by atoms with van der Waals surface area (Å²) in [5.74, 6) is 0.687. The van der Waals surface area contributed by atoms with Crippen molar-refractivity contribution in [1.29, 1.82) is 0 Å². The van der Waals surface area contributed by atoms with Crippen LogP contribution in [0.4, 0.5) is 11.5 Å². The summed E-state index contributed by atoms with van der Waals surface area (Å²) in [7, 11) is 0. The molecule has 120 valence electrons. The van der Waals surface area contributed by atoms with Crippen molar-refractivity contribution in [2.45, 2.75) is 18.9 Å². The van der Waals surface area contributed by atoms with E-state index in [9.17, 15) is 10.1 Å². The molecule has 0 aliphatic carbocycles. The van der Waals surface area contributed by atoms with Gasteiger partial charge in [0.05, 0.1) is 4.92 Å². The van der Waals surface area contributed by atoms with Crippen LogP contribution < -0.4 is 5.32 Å². The maximum atomic E-state index is 10.6. The molecular formula is C16H19N5O2. The summed E-state index contributed by atoms with van der Waals surface area (Å²) in [4.78, 5) is 21.0. The molecule has 0 unspecified atom stereocenters. The van der Waals surface area contributed by atoms with Gasteiger partial charge >= 0.3 is 0 Å². The van der Waals surface area contributed by atoms with Gasteiger partial charge in [-0.05, 0) is 24.6 Å². The highest BCUT2D eigenvalue weighted by Crippen LogP contribution is 2.17. The van der Waals surface area contributed by atoms with E-state index in [2.05, 4.69) is 20.2 Å². The standard InChI is InChI=1S/C16H19N5O2/c22-21(23)15-4-5-16(18-11-15)19-14-7-10-20(12-14)9-6-13-3-1-2-8-17-13/h1-5,8,11,14H,6-7,9-10,12H2,(H,18,19)/t14-/m1/s1. The smallest absolute Gasteiger partial charge is 0.287 e. The third kappa shape index (κ3) is 4.23. The first-order valence-electron chi connectivity index (χ1n) is 7.70. The molecule has 0 radical (unpaired) electrons.